The summed E-state index contributed by atoms with van der Waals surface area (Å²) in [4.78, 5) is 14.9. The predicted octanol–water partition coefficient (Wildman–Crippen LogP) is 4.80. The summed E-state index contributed by atoms with van der Waals surface area (Å²) in [5.41, 5.74) is 3.39. The molecule has 5 rings (SSSR count). The van der Waals surface area contributed by atoms with Crippen molar-refractivity contribution < 1.29 is 13.2 Å². The molecule has 0 saturated carbocycles. The Bertz CT molecular complexity index is 1500. The van der Waals surface area contributed by atoms with Crippen LogP contribution in [0.15, 0.2) is 83.8 Å². The van der Waals surface area contributed by atoms with Gasteiger partial charge in [0.25, 0.3) is 0 Å². The molecule has 1 N–H and O–H groups in total. The zero-order chi connectivity index (χ0) is 24.4. The summed E-state index contributed by atoms with van der Waals surface area (Å²) in [6, 6.07) is 22.9. The number of aryl methyl sites for hydroxylation is 1. The molecule has 3 aromatic carbocycles. The van der Waals surface area contributed by atoms with Crippen LogP contribution in [0.25, 0.3) is 27.9 Å². The largest absolute Gasteiger partial charge is 0.341 e. The molecule has 1 amide bonds. The zero-order valence-corrected chi connectivity index (χ0v) is 20.5. The molecule has 35 heavy (non-hydrogen) atoms. The van der Waals surface area contributed by atoms with Gasteiger partial charge in [0.15, 0.2) is 0 Å². The first-order chi connectivity index (χ1) is 17.0. The summed E-state index contributed by atoms with van der Waals surface area (Å²) in [5.74, 6) is -0.0505. The second-order valence-corrected chi connectivity index (χ2v) is 10.6. The van der Waals surface area contributed by atoms with Gasteiger partial charge >= 0.3 is 0 Å². The number of rotatable bonds is 6. The van der Waals surface area contributed by atoms with Crippen LogP contribution in [-0.4, -0.2) is 42.9 Å². The molecule has 0 radical (unpaired) electrons. The molecule has 0 aliphatic carbocycles. The van der Waals surface area contributed by atoms with Crippen molar-refractivity contribution in [3.8, 4) is 0 Å². The van der Waals surface area contributed by atoms with Gasteiger partial charge in [-0.15, -0.1) is 0 Å². The van der Waals surface area contributed by atoms with Crippen molar-refractivity contribution in [2.45, 2.75) is 37.2 Å². The highest BCUT2D eigenvalue weighted by Gasteiger charge is 2.26. The van der Waals surface area contributed by atoms with E-state index in [4.69, 9.17) is 0 Å². The van der Waals surface area contributed by atoms with Crippen LogP contribution in [0.5, 0.6) is 0 Å². The Labute approximate surface area is 205 Å². The Kier molecular flexibility index (Phi) is 6.45. The molecule has 1 fully saturated rings. The van der Waals surface area contributed by atoms with Crippen LogP contribution in [0, 0.1) is 0 Å². The van der Waals surface area contributed by atoms with Crippen LogP contribution in [0.3, 0.4) is 0 Å². The molecule has 0 unspecified atom stereocenters. The number of nitrogens with zero attached hydrogens (tertiary/aromatic N) is 2. The first kappa shape index (κ1) is 23.3. The summed E-state index contributed by atoms with van der Waals surface area (Å²) >= 11 is 0. The van der Waals surface area contributed by atoms with Crippen molar-refractivity contribution >= 4 is 43.8 Å². The average Bonchev–Trinajstić information content (AvgIpc) is 3.21. The molecular formula is C28H29N3O3S. The van der Waals surface area contributed by atoms with Crippen molar-refractivity contribution in [1.82, 2.24) is 14.2 Å². The van der Waals surface area contributed by atoms with E-state index < -0.39 is 10.0 Å². The minimum absolute atomic E-state index is 0.0505. The van der Waals surface area contributed by atoms with Gasteiger partial charge in [0.2, 0.25) is 15.9 Å². The molecule has 2 heterocycles. The molecule has 0 spiro atoms. The fraction of sp³-hybridized carbons (Fsp3) is 0.250. The number of hydrogen-bond donors (Lipinski definition) is 1. The highest BCUT2D eigenvalue weighted by molar-refractivity contribution is 7.89. The molecule has 180 valence electrons. The maximum atomic E-state index is 12.8. The number of benzene rings is 3. The van der Waals surface area contributed by atoms with E-state index >= 15 is 0 Å². The minimum Gasteiger partial charge on any atom is -0.341 e. The monoisotopic (exact) mass is 487 g/mol. The summed E-state index contributed by atoms with van der Waals surface area (Å²) < 4.78 is 30.2. The molecule has 1 aromatic heterocycles. The lowest BCUT2D eigenvalue weighted by molar-refractivity contribution is -0.126. The van der Waals surface area contributed by atoms with Crippen LogP contribution in [0.4, 0.5) is 0 Å². The molecule has 0 bridgehead atoms. The van der Waals surface area contributed by atoms with Crippen LogP contribution in [-0.2, 0) is 21.4 Å². The molecule has 1 saturated heterocycles. The van der Waals surface area contributed by atoms with E-state index in [1.807, 2.05) is 12.1 Å². The quantitative estimate of drug-likeness (QED) is 0.397. The third-order valence-corrected chi connectivity index (χ3v) is 8.25. The fourth-order valence-corrected chi connectivity index (χ4v) is 6.22. The standard InChI is InChI=1S/C28H29N3O3S/c1-2-31-26-11-7-6-10-24(26)25-20-21(12-14-27(25)31)13-15-28(32)30-18-16-22(17-19-30)29-35(33,34)23-8-4-3-5-9-23/h3-15,20,22,29H,2,16-19H2,1H3/b15-13+. The number of fused-ring (bicyclic) bond motifs is 3. The predicted molar refractivity (Wildman–Crippen MR) is 141 cm³/mol. The Morgan fingerprint density at radius 2 is 1.63 bits per heavy atom. The number of sulfonamides is 1. The molecule has 0 atom stereocenters. The van der Waals surface area contributed by atoms with E-state index in [1.165, 1.54) is 21.8 Å². The Morgan fingerprint density at radius 1 is 0.943 bits per heavy atom. The van der Waals surface area contributed by atoms with Crippen LogP contribution in [0.2, 0.25) is 0 Å². The van der Waals surface area contributed by atoms with E-state index in [2.05, 4.69) is 52.6 Å². The average molecular weight is 488 g/mol. The van der Waals surface area contributed by atoms with E-state index in [0.29, 0.717) is 25.9 Å². The highest BCUT2D eigenvalue weighted by atomic mass is 32.2. The summed E-state index contributed by atoms with van der Waals surface area (Å²) in [7, 11) is -3.55. The Hall–Kier alpha value is -3.42. The zero-order valence-electron chi connectivity index (χ0n) is 19.7. The van der Waals surface area contributed by atoms with E-state index in [-0.39, 0.29) is 16.8 Å². The molecule has 7 heteroatoms. The third kappa shape index (κ3) is 4.74. The number of nitrogens with one attached hydrogen (secondary N) is 1. The number of hydrogen-bond acceptors (Lipinski definition) is 3. The van der Waals surface area contributed by atoms with Gasteiger partial charge in [0, 0.05) is 53.6 Å². The molecule has 1 aliphatic heterocycles. The number of para-hydroxylation sites is 1. The van der Waals surface area contributed by atoms with Crippen molar-refractivity contribution in [2.75, 3.05) is 13.1 Å². The maximum absolute atomic E-state index is 12.8. The molecule has 6 nitrogen and oxygen atoms in total. The van der Waals surface area contributed by atoms with Gasteiger partial charge in [0.05, 0.1) is 4.90 Å². The Balaban J connectivity index is 1.24. The van der Waals surface area contributed by atoms with E-state index in [0.717, 1.165) is 12.1 Å². The molecular weight excluding hydrogens is 458 g/mol. The molecule has 4 aromatic rings. The maximum Gasteiger partial charge on any atom is 0.246 e. The third-order valence-electron chi connectivity index (χ3n) is 6.71. The summed E-state index contributed by atoms with van der Waals surface area (Å²) in [6.07, 6.45) is 4.67. The topological polar surface area (TPSA) is 71.4 Å². The fourth-order valence-electron chi connectivity index (χ4n) is 4.89. The van der Waals surface area contributed by atoms with Crippen LogP contribution in [0.1, 0.15) is 25.3 Å². The van der Waals surface area contributed by atoms with Gasteiger partial charge in [-0.2, -0.15) is 0 Å². The minimum atomic E-state index is -3.55. The number of carbonyl (C=O) groups excluding carboxylic acids is 1. The second-order valence-electron chi connectivity index (χ2n) is 8.91. The van der Waals surface area contributed by atoms with Crippen LogP contribution >= 0.6 is 0 Å². The lowest BCUT2D eigenvalue weighted by Gasteiger charge is -2.31. The highest BCUT2D eigenvalue weighted by Crippen LogP contribution is 2.30. The summed E-state index contributed by atoms with van der Waals surface area (Å²) in [5, 5.41) is 2.40. The first-order valence-corrected chi connectivity index (χ1v) is 13.5. The molecule has 1 aliphatic rings. The van der Waals surface area contributed by atoms with Crippen molar-refractivity contribution in [1.29, 1.82) is 0 Å². The van der Waals surface area contributed by atoms with Gasteiger partial charge in [-0.3, -0.25) is 4.79 Å². The van der Waals surface area contributed by atoms with Crippen molar-refractivity contribution in [2.24, 2.45) is 0 Å². The lowest BCUT2D eigenvalue weighted by atomic mass is 10.1. The number of amides is 1. The normalized spacial score (nSPS) is 15.4. The summed E-state index contributed by atoms with van der Waals surface area (Å²) in [6.45, 7) is 4.09. The number of aromatic nitrogens is 1. The van der Waals surface area contributed by atoms with E-state index in [9.17, 15) is 13.2 Å². The van der Waals surface area contributed by atoms with Gasteiger partial charge in [0.1, 0.15) is 0 Å². The SMILES string of the molecule is CCn1c2ccccc2c2cc(/C=C/C(=O)N3CCC(NS(=O)(=O)c4ccccc4)CC3)ccc21. The number of carbonyl (C=O) groups is 1. The Morgan fingerprint density at radius 3 is 2.37 bits per heavy atom. The first-order valence-electron chi connectivity index (χ1n) is 12.0. The second kappa shape index (κ2) is 9.68. The van der Waals surface area contributed by atoms with Gasteiger partial charge < -0.3 is 9.47 Å². The van der Waals surface area contributed by atoms with Gasteiger partial charge in [-0.05, 0) is 61.7 Å². The van der Waals surface area contributed by atoms with Crippen molar-refractivity contribution in [3.05, 3.63) is 84.4 Å². The van der Waals surface area contributed by atoms with E-state index in [1.54, 1.807) is 41.3 Å². The number of likely N-dealkylation sites (tertiary alicyclic amines) is 1. The lowest BCUT2D eigenvalue weighted by Crippen LogP contribution is -2.46. The van der Waals surface area contributed by atoms with Gasteiger partial charge in [-0.1, -0.05) is 42.5 Å². The smallest absolute Gasteiger partial charge is 0.246 e. The van der Waals surface area contributed by atoms with Crippen LogP contribution < -0.4 is 4.72 Å². The number of piperidine rings is 1. The van der Waals surface area contributed by atoms with Crippen molar-refractivity contribution in [3.63, 3.8) is 0 Å². The van der Waals surface area contributed by atoms with Gasteiger partial charge in [-0.25, -0.2) is 13.1 Å².